The van der Waals surface area contributed by atoms with Crippen molar-refractivity contribution in [2.45, 2.75) is 20.4 Å². The molecule has 0 aliphatic rings. The topological polar surface area (TPSA) is 73.7 Å². The number of aromatic hydroxyl groups is 2. The quantitative estimate of drug-likeness (QED) is 0.847. The van der Waals surface area contributed by atoms with E-state index >= 15 is 0 Å². The lowest BCUT2D eigenvalue weighted by Crippen LogP contribution is -2.30. The molecule has 5 heteroatoms. The summed E-state index contributed by atoms with van der Waals surface area (Å²) in [4.78, 5) is 18.4. The smallest absolute Gasteiger partial charge is 0.258 e. The van der Waals surface area contributed by atoms with Gasteiger partial charge < -0.3 is 15.1 Å². The van der Waals surface area contributed by atoms with Crippen LogP contribution < -0.4 is 0 Å². The second-order valence-electron chi connectivity index (χ2n) is 4.76. The van der Waals surface area contributed by atoms with Crippen molar-refractivity contribution in [1.29, 1.82) is 0 Å². The molecule has 0 aliphatic heterocycles. The van der Waals surface area contributed by atoms with Gasteiger partial charge in [-0.3, -0.25) is 9.78 Å². The maximum absolute atomic E-state index is 12.5. The predicted molar refractivity (Wildman–Crippen MR) is 79.2 cm³/mol. The monoisotopic (exact) mass is 286 g/mol. The third-order valence-corrected chi connectivity index (χ3v) is 3.21. The fourth-order valence-corrected chi connectivity index (χ4v) is 2.08. The first-order valence-corrected chi connectivity index (χ1v) is 6.75. The number of hydrogen-bond acceptors (Lipinski definition) is 4. The van der Waals surface area contributed by atoms with Crippen LogP contribution in [0.4, 0.5) is 0 Å². The number of amides is 1. The minimum Gasteiger partial charge on any atom is -0.504 e. The summed E-state index contributed by atoms with van der Waals surface area (Å²) in [7, 11) is 0. The van der Waals surface area contributed by atoms with Crippen LogP contribution in [0.1, 0.15) is 28.7 Å². The van der Waals surface area contributed by atoms with Gasteiger partial charge in [0.15, 0.2) is 11.5 Å². The summed E-state index contributed by atoms with van der Waals surface area (Å²) in [6.07, 6.45) is 0. The van der Waals surface area contributed by atoms with Gasteiger partial charge in [-0.2, -0.15) is 0 Å². The number of hydrogen-bond donors (Lipinski definition) is 2. The molecule has 0 radical (unpaired) electrons. The molecule has 0 spiro atoms. The number of rotatable bonds is 4. The normalized spacial score (nSPS) is 10.4. The Kier molecular flexibility index (Phi) is 4.42. The molecular formula is C16H18N2O3. The standard InChI is InChI=1S/C16H18N2O3/c1-3-18(10-12-7-4-6-11(2)17-12)16(21)13-8-5-9-14(19)15(13)20/h4-9,19-20H,3,10H2,1-2H3. The molecule has 110 valence electrons. The predicted octanol–water partition coefficient (Wildman–Crippen LogP) is 2.46. The molecule has 0 unspecified atom stereocenters. The van der Waals surface area contributed by atoms with Crippen LogP contribution in [0.2, 0.25) is 0 Å². The van der Waals surface area contributed by atoms with E-state index in [0.717, 1.165) is 11.4 Å². The van der Waals surface area contributed by atoms with E-state index < -0.39 is 5.75 Å². The number of aromatic nitrogens is 1. The molecule has 0 atom stereocenters. The number of pyridine rings is 1. The number of phenolic OH excluding ortho intramolecular Hbond substituents is 2. The van der Waals surface area contributed by atoms with Crippen molar-refractivity contribution in [2.24, 2.45) is 0 Å². The maximum atomic E-state index is 12.5. The van der Waals surface area contributed by atoms with Crippen molar-refractivity contribution in [3.05, 3.63) is 53.3 Å². The van der Waals surface area contributed by atoms with Crippen molar-refractivity contribution in [3.63, 3.8) is 0 Å². The van der Waals surface area contributed by atoms with E-state index in [0.29, 0.717) is 13.1 Å². The Bertz CT molecular complexity index is 656. The number of para-hydroxylation sites is 1. The highest BCUT2D eigenvalue weighted by molar-refractivity contribution is 5.97. The zero-order valence-electron chi connectivity index (χ0n) is 12.1. The minimum atomic E-state index is -0.391. The average molecular weight is 286 g/mol. The van der Waals surface area contributed by atoms with Gasteiger partial charge in [0, 0.05) is 12.2 Å². The lowest BCUT2D eigenvalue weighted by molar-refractivity contribution is 0.0746. The van der Waals surface area contributed by atoms with Crippen molar-refractivity contribution >= 4 is 5.91 Å². The summed E-state index contributed by atoms with van der Waals surface area (Å²) < 4.78 is 0. The highest BCUT2D eigenvalue weighted by Crippen LogP contribution is 2.29. The van der Waals surface area contributed by atoms with Crippen molar-refractivity contribution < 1.29 is 15.0 Å². The summed E-state index contributed by atoms with van der Waals surface area (Å²) in [6, 6.07) is 9.99. The van der Waals surface area contributed by atoms with E-state index in [1.165, 1.54) is 18.2 Å². The first-order chi connectivity index (χ1) is 10.0. The van der Waals surface area contributed by atoms with Gasteiger partial charge in [0.05, 0.1) is 17.8 Å². The van der Waals surface area contributed by atoms with E-state index in [1.807, 2.05) is 32.0 Å². The van der Waals surface area contributed by atoms with Crippen LogP contribution in [0.5, 0.6) is 11.5 Å². The van der Waals surface area contributed by atoms with E-state index in [2.05, 4.69) is 4.98 Å². The second-order valence-corrected chi connectivity index (χ2v) is 4.76. The lowest BCUT2D eigenvalue weighted by Gasteiger charge is -2.21. The molecule has 5 nitrogen and oxygen atoms in total. The van der Waals surface area contributed by atoms with E-state index in [9.17, 15) is 15.0 Å². The van der Waals surface area contributed by atoms with Gasteiger partial charge in [-0.15, -0.1) is 0 Å². The van der Waals surface area contributed by atoms with Crippen molar-refractivity contribution in [1.82, 2.24) is 9.88 Å². The molecule has 21 heavy (non-hydrogen) atoms. The summed E-state index contributed by atoms with van der Waals surface area (Å²) in [6.45, 7) is 4.58. The number of phenols is 2. The Hall–Kier alpha value is -2.56. The SMILES string of the molecule is CCN(Cc1cccc(C)n1)C(=O)c1cccc(O)c1O. The highest BCUT2D eigenvalue weighted by Gasteiger charge is 2.20. The largest absolute Gasteiger partial charge is 0.504 e. The van der Waals surface area contributed by atoms with E-state index in [1.54, 1.807) is 4.90 Å². The molecule has 1 amide bonds. The van der Waals surface area contributed by atoms with Gasteiger partial charge in [0.25, 0.3) is 5.91 Å². The summed E-state index contributed by atoms with van der Waals surface area (Å²) in [5.41, 5.74) is 1.76. The Morgan fingerprint density at radius 3 is 2.57 bits per heavy atom. The molecule has 0 saturated heterocycles. The maximum Gasteiger partial charge on any atom is 0.258 e. The lowest BCUT2D eigenvalue weighted by atomic mass is 10.1. The number of benzene rings is 1. The second kappa shape index (κ2) is 6.26. The van der Waals surface area contributed by atoms with Crippen LogP contribution in [-0.4, -0.2) is 32.5 Å². The van der Waals surface area contributed by atoms with Crippen LogP contribution in [0.15, 0.2) is 36.4 Å². The molecular weight excluding hydrogens is 268 g/mol. The Labute approximate surface area is 123 Å². The number of carbonyl (C=O) groups excluding carboxylic acids is 1. The fourth-order valence-electron chi connectivity index (χ4n) is 2.08. The fraction of sp³-hybridized carbons (Fsp3) is 0.250. The molecule has 1 aromatic heterocycles. The Morgan fingerprint density at radius 1 is 1.19 bits per heavy atom. The summed E-state index contributed by atoms with van der Waals surface area (Å²) in [5.74, 6) is -1.03. The molecule has 0 aliphatic carbocycles. The number of nitrogens with zero attached hydrogens (tertiary/aromatic N) is 2. The Morgan fingerprint density at radius 2 is 1.90 bits per heavy atom. The van der Waals surface area contributed by atoms with Gasteiger partial charge in [-0.05, 0) is 38.1 Å². The zero-order chi connectivity index (χ0) is 15.4. The first kappa shape index (κ1) is 14.8. The third-order valence-electron chi connectivity index (χ3n) is 3.21. The summed E-state index contributed by atoms with van der Waals surface area (Å²) in [5, 5.41) is 19.3. The molecule has 1 heterocycles. The van der Waals surface area contributed by atoms with Gasteiger partial charge in [0.2, 0.25) is 0 Å². The summed E-state index contributed by atoms with van der Waals surface area (Å²) >= 11 is 0. The first-order valence-electron chi connectivity index (χ1n) is 6.75. The number of carbonyl (C=O) groups is 1. The van der Waals surface area contributed by atoms with Crippen molar-refractivity contribution in [2.75, 3.05) is 6.54 Å². The third kappa shape index (κ3) is 3.31. The number of aryl methyl sites for hydroxylation is 1. The van der Waals surface area contributed by atoms with Crippen LogP contribution in [0, 0.1) is 6.92 Å². The van der Waals surface area contributed by atoms with Crippen LogP contribution in [0.25, 0.3) is 0 Å². The highest BCUT2D eigenvalue weighted by atomic mass is 16.3. The van der Waals surface area contributed by atoms with Gasteiger partial charge >= 0.3 is 0 Å². The molecule has 2 aromatic rings. The zero-order valence-corrected chi connectivity index (χ0v) is 12.1. The van der Waals surface area contributed by atoms with Gasteiger partial charge in [-0.25, -0.2) is 0 Å². The molecule has 0 saturated carbocycles. The van der Waals surface area contributed by atoms with Crippen LogP contribution in [0.3, 0.4) is 0 Å². The van der Waals surface area contributed by atoms with Gasteiger partial charge in [0.1, 0.15) is 0 Å². The average Bonchev–Trinajstić information content (AvgIpc) is 2.47. The molecule has 2 N–H and O–H groups in total. The van der Waals surface area contributed by atoms with Gasteiger partial charge in [-0.1, -0.05) is 12.1 Å². The Balaban J connectivity index is 2.25. The van der Waals surface area contributed by atoms with Crippen LogP contribution in [-0.2, 0) is 6.54 Å². The molecule has 0 fully saturated rings. The van der Waals surface area contributed by atoms with E-state index in [4.69, 9.17) is 0 Å². The van der Waals surface area contributed by atoms with E-state index in [-0.39, 0.29) is 17.2 Å². The molecule has 2 rings (SSSR count). The molecule has 0 bridgehead atoms. The minimum absolute atomic E-state index is 0.0875. The van der Waals surface area contributed by atoms with Crippen LogP contribution >= 0.6 is 0 Å². The molecule has 1 aromatic carbocycles. The van der Waals surface area contributed by atoms with Crippen molar-refractivity contribution in [3.8, 4) is 11.5 Å².